The van der Waals surface area contributed by atoms with E-state index in [-0.39, 0.29) is 11.9 Å². The normalized spacial score (nSPS) is 12.8. The van der Waals surface area contributed by atoms with Crippen LogP contribution in [0, 0.1) is 0 Å². The van der Waals surface area contributed by atoms with Gasteiger partial charge in [-0.15, -0.1) is 0 Å². The second-order valence-corrected chi connectivity index (χ2v) is 6.87. The number of ether oxygens (including phenoxy) is 3. The van der Waals surface area contributed by atoms with Gasteiger partial charge >= 0.3 is 0 Å². The highest BCUT2D eigenvalue weighted by Gasteiger charge is 2.21. The van der Waals surface area contributed by atoms with Gasteiger partial charge in [0.15, 0.2) is 17.6 Å². The summed E-state index contributed by atoms with van der Waals surface area (Å²) >= 11 is 0. The van der Waals surface area contributed by atoms with Crippen LogP contribution in [0.5, 0.6) is 17.2 Å². The molecule has 3 aromatic rings. The van der Waals surface area contributed by atoms with Crippen LogP contribution in [-0.4, -0.2) is 26.2 Å². The molecule has 29 heavy (non-hydrogen) atoms. The monoisotopic (exact) mass is 393 g/mol. The van der Waals surface area contributed by atoms with Crippen molar-refractivity contribution in [2.75, 3.05) is 14.2 Å². The SMILES string of the molecule is CC[C@@H](Oc1ccc2ccccc2c1)C(=O)N[C@H](C)c1ccc(OC)c(OC)c1. The maximum Gasteiger partial charge on any atom is 0.261 e. The number of hydrogen-bond donors (Lipinski definition) is 1. The van der Waals surface area contributed by atoms with Crippen LogP contribution in [-0.2, 0) is 4.79 Å². The minimum absolute atomic E-state index is 0.150. The van der Waals surface area contributed by atoms with Crippen molar-refractivity contribution in [1.29, 1.82) is 0 Å². The Morgan fingerprint density at radius 1 is 0.931 bits per heavy atom. The third-order valence-corrected chi connectivity index (χ3v) is 4.93. The number of fused-ring (bicyclic) bond motifs is 1. The minimum atomic E-state index is -0.571. The lowest BCUT2D eigenvalue weighted by atomic mass is 10.1. The lowest BCUT2D eigenvalue weighted by molar-refractivity contribution is -0.128. The van der Waals surface area contributed by atoms with E-state index in [9.17, 15) is 4.79 Å². The number of carbonyl (C=O) groups is 1. The summed E-state index contributed by atoms with van der Waals surface area (Å²) in [5.41, 5.74) is 0.927. The summed E-state index contributed by atoms with van der Waals surface area (Å²) in [7, 11) is 3.19. The summed E-state index contributed by atoms with van der Waals surface area (Å²) in [6.45, 7) is 3.87. The lowest BCUT2D eigenvalue weighted by Gasteiger charge is -2.21. The van der Waals surface area contributed by atoms with Gasteiger partial charge in [-0.2, -0.15) is 0 Å². The number of carbonyl (C=O) groups excluding carboxylic acids is 1. The summed E-state index contributed by atoms with van der Waals surface area (Å²) in [5.74, 6) is 1.82. The van der Waals surface area contributed by atoms with E-state index in [1.165, 1.54) is 0 Å². The molecule has 2 atom stereocenters. The molecule has 1 N–H and O–H groups in total. The summed E-state index contributed by atoms with van der Waals surface area (Å²) in [4.78, 5) is 12.8. The van der Waals surface area contributed by atoms with Crippen LogP contribution in [0.25, 0.3) is 10.8 Å². The first-order valence-electron chi connectivity index (χ1n) is 9.73. The maximum atomic E-state index is 12.8. The molecule has 0 saturated heterocycles. The Bertz CT molecular complexity index is 986. The predicted octanol–water partition coefficient (Wildman–Crippen LogP) is 4.89. The molecule has 152 valence electrons. The summed E-state index contributed by atoms with van der Waals surface area (Å²) in [6.07, 6.45) is -0.00382. The Labute approximate surface area is 171 Å². The van der Waals surface area contributed by atoms with Gasteiger partial charge in [0, 0.05) is 0 Å². The maximum absolute atomic E-state index is 12.8. The highest BCUT2D eigenvalue weighted by Crippen LogP contribution is 2.30. The van der Waals surface area contributed by atoms with Gasteiger partial charge in [-0.05, 0) is 53.9 Å². The van der Waals surface area contributed by atoms with Crippen LogP contribution in [0.1, 0.15) is 31.9 Å². The molecule has 3 rings (SSSR count). The quantitative estimate of drug-likeness (QED) is 0.592. The fourth-order valence-electron chi connectivity index (χ4n) is 3.24. The molecule has 5 heteroatoms. The van der Waals surface area contributed by atoms with Crippen LogP contribution in [0.3, 0.4) is 0 Å². The molecular weight excluding hydrogens is 366 g/mol. The second kappa shape index (κ2) is 9.32. The largest absolute Gasteiger partial charge is 0.493 e. The van der Waals surface area contributed by atoms with E-state index in [2.05, 4.69) is 5.32 Å². The first-order chi connectivity index (χ1) is 14.0. The zero-order valence-electron chi connectivity index (χ0n) is 17.3. The van der Waals surface area contributed by atoms with E-state index in [0.29, 0.717) is 23.7 Å². The second-order valence-electron chi connectivity index (χ2n) is 6.87. The van der Waals surface area contributed by atoms with Crippen LogP contribution in [0.4, 0.5) is 0 Å². The van der Waals surface area contributed by atoms with Gasteiger partial charge in [-0.3, -0.25) is 4.79 Å². The Hall–Kier alpha value is -3.21. The van der Waals surface area contributed by atoms with Gasteiger partial charge < -0.3 is 19.5 Å². The van der Waals surface area contributed by atoms with Crippen LogP contribution in [0.2, 0.25) is 0 Å². The number of nitrogens with one attached hydrogen (secondary N) is 1. The Kier molecular flexibility index (Phi) is 6.60. The van der Waals surface area contributed by atoms with E-state index in [4.69, 9.17) is 14.2 Å². The third kappa shape index (κ3) is 4.80. The number of methoxy groups -OCH3 is 2. The molecule has 0 fully saturated rings. The van der Waals surface area contributed by atoms with Crippen molar-refractivity contribution < 1.29 is 19.0 Å². The average molecular weight is 393 g/mol. The van der Waals surface area contributed by atoms with Crippen molar-refractivity contribution >= 4 is 16.7 Å². The molecule has 0 aromatic heterocycles. The molecule has 3 aromatic carbocycles. The molecule has 5 nitrogen and oxygen atoms in total. The molecule has 0 unspecified atom stereocenters. The van der Waals surface area contributed by atoms with Crippen LogP contribution >= 0.6 is 0 Å². The first kappa shape index (κ1) is 20.5. The Balaban J connectivity index is 1.70. The molecule has 0 saturated carbocycles. The van der Waals surface area contributed by atoms with Gasteiger partial charge in [-0.25, -0.2) is 0 Å². The number of rotatable bonds is 8. The van der Waals surface area contributed by atoms with E-state index >= 15 is 0 Å². The van der Waals surface area contributed by atoms with Gasteiger partial charge in [0.2, 0.25) is 0 Å². The van der Waals surface area contributed by atoms with Crippen molar-refractivity contribution in [1.82, 2.24) is 5.32 Å². The van der Waals surface area contributed by atoms with Gasteiger partial charge in [0.05, 0.1) is 20.3 Å². The molecule has 0 aliphatic rings. The van der Waals surface area contributed by atoms with Gasteiger partial charge in [0.1, 0.15) is 5.75 Å². The van der Waals surface area contributed by atoms with Crippen LogP contribution in [0.15, 0.2) is 60.7 Å². The molecule has 0 spiro atoms. The molecule has 0 heterocycles. The van der Waals surface area contributed by atoms with E-state index in [1.807, 2.05) is 74.5 Å². The minimum Gasteiger partial charge on any atom is -0.493 e. The Morgan fingerprint density at radius 3 is 2.34 bits per heavy atom. The zero-order chi connectivity index (χ0) is 20.8. The molecule has 0 aliphatic heterocycles. The number of amides is 1. The van der Waals surface area contributed by atoms with Crippen molar-refractivity contribution in [3.8, 4) is 17.2 Å². The van der Waals surface area contributed by atoms with Crippen molar-refractivity contribution in [3.05, 3.63) is 66.2 Å². The van der Waals surface area contributed by atoms with E-state index in [0.717, 1.165) is 16.3 Å². The zero-order valence-corrected chi connectivity index (χ0v) is 17.3. The highest BCUT2D eigenvalue weighted by atomic mass is 16.5. The molecule has 0 radical (unpaired) electrons. The Morgan fingerprint density at radius 2 is 1.66 bits per heavy atom. The van der Waals surface area contributed by atoms with Crippen molar-refractivity contribution in [3.63, 3.8) is 0 Å². The lowest BCUT2D eigenvalue weighted by Crippen LogP contribution is -2.39. The topological polar surface area (TPSA) is 56.8 Å². The highest BCUT2D eigenvalue weighted by molar-refractivity contribution is 5.84. The van der Waals surface area contributed by atoms with Crippen molar-refractivity contribution in [2.24, 2.45) is 0 Å². The fraction of sp³-hybridized carbons (Fsp3) is 0.292. The fourth-order valence-corrected chi connectivity index (χ4v) is 3.24. The van der Waals surface area contributed by atoms with Gasteiger partial charge in [0.25, 0.3) is 5.91 Å². The smallest absolute Gasteiger partial charge is 0.261 e. The third-order valence-electron chi connectivity index (χ3n) is 4.93. The molecule has 0 bridgehead atoms. The first-order valence-corrected chi connectivity index (χ1v) is 9.73. The molecule has 1 amide bonds. The summed E-state index contributed by atoms with van der Waals surface area (Å²) < 4.78 is 16.6. The van der Waals surface area contributed by atoms with Crippen molar-refractivity contribution in [2.45, 2.75) is 32.4 Å². The summed E-state index contributed by atoms with van der Waals surface area (Å²) in [6, 6.07) is 19.3. The number of benzene rings is 3. The van der Waals surface area contributed by atoms with E-state index < -0.39 is 6.10 Å². The predicted molar refractivity (Wildman–Crippen MR) is 115 cm³/mol. The number of hydrogen-bond acceptors (Lipinski definition) is 4. The standard InChI is InChI=1S/C24H27NO4/c1-5-21(29-20-12-10-17-8-6-7-9-19(17)14-20)24(26)25-16(2)18-11-13-22(27-3)23(15-18)28-4/h6-16,21H,5H2,1-4H3,(H,25,26)/t16-,21-/m1/s1. The van der Waals surface area contributed by atoms with Crippen LogP contribution < -0.4 is 19.5 Å². The molecule has 0 aliphatic carbocycles. The van der Waals surface area contributed by atoms with Gasteiger partial charge in [-0.1, -0.05) is 43.3 Å². The molecular formula is C24H27NO4. The average Bonchev–Trinajstić information content (AvgIpc) is 2.76. The summed E-state index contributed by atoms with van der Waals surface area (Å²) in [5, 5.41) is 5.25. The van der Waals surface area contributed by atoms with E-state index in [1.54, 1.807) is 14.2 Å².